The standard InChI is InChI=1S/C17H26N2O3/c1-16(2,3)22-15(21)19-10-6-7-11(13(20)8-10)14-12(9-18)17(14,4)5/h6-8,12,14,20H,9,18H2,1-5H3,(H,19,21)/t12-,14-/m1/s1. The number of nitrogens with two attached hydrogens (primary N) is 1. The van der Waals surface area contributed by atoms with Gasteiger partial charge in [0.05, 0.1) is 0 Å². The number of hydrogen-bond donors (Lipinski definition) is 3. The van der Waals surface area contributed by atoms with Crippen LogP contribution in [0, 0.1) is 11.3 Å². The molecule has 2 atom stereocenters. The highest BCUT2D eigenvalue weighted by atomic mass is 16.6. The predicted molar refractivity (Wildman–Crippen MR) is 87.0 cm³/mol. The Labute approximate surface area is 131 Å². The van der Waals surface area contributed by atoms with E-state index in [4.69, 9.17) is 10.5 Å². The van der Waals surface area contributed by atoms with Crippen LogP contribution in [0.3, 0.4) is 0 Å². The molecule has 22 heavy (non-hydrogen) atoms. The van der Waals surface area contributed by atoms with Crippen LogP contribution in [0.4, 0.5) is 10.5 Å². The van der Waals surface area contributed by atoms with Crippen LogP contribution in [-0.2, 0) is 4.74 Å². The summed E-state index contributed by atoms with van der Waals surface area (Å²) in [5.74, 6) is 0.818. The van der Waals surface area contributed by atoms with Crippen LogP contribution in [0.1, 0.15) is 46.1 Å². The van der Waals surface area contributed by atoms with Gasteiger partial charge in [-0.3, -0.25) is 5.32 Å². The lowest BCUT2D eigenvalue weighted by Crippen LogP contribution is -2.27. The topological polar surface area (TPSA) is 84.6 Å². The summed E-state index contributed by atoms with van der Waals surface area (Å²) in [7, 11) is 0. The van der Waals surface area contributed by atoms with Gasteiger partial charge in [-0.25, -0.2) is 4.79 Å². The molecule has 0 unspecified atom stereocenters. The van der Waals surface area contributed by atoms with Gasteiger partial charge >= 0.3 is 6.09 Å². The van der Waals surface area contributed by atoms with Gasteiger partial charge in [-0.05, 0) is 56.2 Å². The number of nitrogens with one attached hydrogen (secondary N) is 1. The molecule has 4 N–H and O–H groups in total. The molecule has 0 radical (unpaired) electrons. The maximum Gasteiger partial charge on any atom is 0.412 e. The smallest absolute Gasteiger partial charge is 0.412 e. The zero-order chi connectivity index (χ0) is 16.7. The van der Waals surface area contributed by atoms with E-state index in [0.29, 0.717) is 18.2 Å². The third kappa shape index (κ3) is 3.35. The highest BCUT2D eigenvalue weighted by Gasteiger charge is 2.57. The first-order valence-electron chi connectivity index (χ1n) is 7.59. The average Bonchev–Trinajstić information content (AvgIpc) is 2.88. The second-order valence-electron chi connectivity index (χ2n) is 7.54. The number of phenolic OH excluding ortho intramolecular Hbond substituents is 1. The van der Waals surface area contributed by atoms with Gasteiger partial charge in [0.25, 0.3) is 0 Å². The SMILES string of the molecule is CC(C)(C)OC(=O)Nc1ccc([C@@H]2[C@@H](CN)C2(C)C)c(O)c1. The lowest BCUT2D eigenvalue weighted by atomic mass is 10.0. The van der Waals surface area contributed by atoms with Crippen LogP contribution in [0.15, 0.2) is 18.2 Å². The molecule has 1 aliphatic carbocycles. The summed E-state index contributed by atoms with van der Waals surface area (Å²) in [6.07, 6.45) is -0.536. The molecule has 0 aliphatic heterocycles. The minimum Gasteiger partial charge on any atom is -0.508 e. The largest absolute Gasteiger partial charge is 0.508 e. The molecule has 1 aliphatic rings. The Kier molecular flexibility index (Phi) is 4.13. The second kappa shape index (κ2) is 5.47. The first kappa shape index (κ1) is 16.6. The molecule has 1 aromatic rings. The van der Waals surface area contributed by atoms with Gasteiger partial charge in [0.1, 0.15) is 11.4 Å². The van der Waals surface area contributed by atoms with Gasteiger partial charge in [0.2, 0.25) is 0 Å². The maximum absolute atomic E-state index is 11.7. The van der Waals surface area contributed by atoms with Gasteiger partial charge in [0.15, 0.2) is 0 Å². The van der Waals surface area contributed by atoms with E-state index in [-0.39, 0.29) is 17.1 Å². The molecule has 5 nitrogen and oxygen atoms in total. The Balaban J connectivity index is 2.10. The lowest BCUT2D eigenvalue weighted by Gasteiger charge is -2.19. The molecular formula is C17H26N2O3. The molecular weight excluding hydrogens is 280 g/mol. The number of amides is 1. The van der Waals surface area contributed by atoms with Gasteiger partial charge < -0.3 is 15.6 Å². The van der Waals surface area contributed by atoms with Crippen LogP contribution in [0.2, 0.25) is 0 Å². The molecule has 1 saturated carbocycles. The summed E-state index contributed by atoms with van der Waals surface area (Å²) in [6.45, 7) is 10.3. The summed E-state index contributed by atoms with van der Waals surface area (Å²) < 4.78 is 5.19. The molecule has 1 amide bonds. The summed E-state index contributed by atoms with van der Waals surface area (Å²) >= 11 is 0. The number of aromatic hydroxyl groups is 1. The molecule has 122 valence electrons. The van der Waals surface area contributed by atoms with Crippen molar-refractivity contribution in [2.45, 2.75) is 46.1 Å². The number of hydrogen-bond acceptors (Lipinski definition) is 4. The number of phenols is 1. The third-order valence-corrected chi connectivity index (χ3v) is 4.32. The second-order valence-corrected chi connectivity index (χ2v) is 7.54. The number of carbonyl (C=O) groups excluding carboxylic acids is 1. The molecule has 0 saturated heterocycles. The van der Waals surface area contributed by atoms with Crippen molar-refractivity contribution < 1.29 is 14.6 Å². The van der Waals surface area contributed by atoms with Crippen molar-refractivity contribution in [1.29, 1.82) is 0 Å². The Bertz CT molecular complexity index is 576. The lowest BCUT2D eigenvalue weighted by molar-refractivity contribution is 0.0636. The maximum atomic E-state index is 11.7. The molecule has 5 heteroatoms. The molecule has 1 fully saturated rings. The van der Waals surface area contributed by atoms with Crippen molar-refractivity contribution in [3.8, 4) is 5.75 Å². The third-order valence-electron chi connectivity index (χ3n) is 4.32. The molecule has 0 aromatic heterocycles. The number of benzene rings is 1. The van der Waals surface area contributed by atoms with Crippen LogP contribution >= 0.6 is 0 Å². The molecule has 0 spiro atoms. The first-order chi connectivity index (χ1) is 10.1. The van der Waals surface area contributed by atoms with E-state index in [1.54, 1.807) is 32.9 Å². The average molecular weight is 306 g/mol. The van der Waals surface area contributed by atoms with E-state index in [9.17, 15) is 9.90 Å². The van der Waals surface area contributed by atoms with E-state index in [0.717, 1.165) is 5.56 Å². The van der Waals surface area contributed by atoms with Crippen LogP contribution in [0.25, 0.3) is 0 Å². The van der Waals surface area contributed by atoms with E-state index >= 15 is 0 Å². The van der Waals surface area contributed by atoms with Crippen LogP contribution < -0.4 is 11.1 Å². The van der Waals surface area contributed by atoms with Crippen molar-refractivity contribution in [3.63, 3.8) is 0 Å². The predicted octanol–water partition coefficient (Wildman–Crippen LogP) is 3.44. The number of anilines is 1. The number of ether oxygens (including phenoxy) is 1. The van der Waals surface area contributed by atoms with Gasteiger partial charge in [-0.2, -0.15) is 0 Å². The Morgan fingerprint density at radius 2 is 2.05 bits per heavy atom. The highest BCUT2D eigenvalue weighted by Crippen LogP contribution is 2.65. The monoisotopic (exact) mass is 306 g/mol. The van der Waals surface area contributed by atoms with E-state index in [2.05, 4.69) is 19.2 Å². The van der Waals surface area contributed by atoms with Crippen molar-refractivity contribution in [2.75, 3.05) is 11.9 Å². The Morgan fingerprint density at radius 3 is 2.50 bits per heavy atom. The van der Waals surface area contributed by atoms with Crippen molar-refractivity contribution >= 4 is 11.8 Å². The van der Waals surface area contributed by atoms with Gasteiger partial charge in [-0.15, -0.1) is 0 Å². The Hall–Kier alpha value is -1.75. The molecule has 2 rings (SSSR count). The van der Waals surface area contributed by atoms with Crippen LogP contribution in [0.5, 0.6) is 5.75 Å². The summed E-state index contributed by atoms with van der Waals surface area (Å²) in [5.41, 5.74) is 6.73. The highest BCUT2D eigenvalue weighted by molar-refractivity contribution is 5.85. The Morgan fingerprint density at radius 1 is 1.41 bits per heavy atom. The molecule has 0 bridgehead atoms. The number of rotatable bonds is 3. The first-order valence-corrected chi connectivity index (χ1v) is 7.59. The normalized spacial score (nSPS) is 23.0. The van der Waals surface area contributed by atoms with Crippen molar-refractivity contribution in [3.05, 3.63) is 23.8 Å². The van der Waals surface area contributed by atoms with Crippen molar-refractivity contribution in [1.82, 2.24) is 0 Å². The quantitative estimate of drug-likeness (QED) is 0.798. The van der Waals surface area contributed by atoms with E-state index in [1.807, 2.05) is 6.07 Å². The van der Waals surface area contributed by atoms with Crippen molar-refractivity contribution in [2.24, 2.45) is 17.1 Å². The fourth-order valence-corrected chi connectivity index (χ4v) is 3.11. The number of carbonyl (C=O) groups is 1. The summed E-state index contributed by atoms with van der Waals surface area (Å²) in [4.78, 5) is 11.7. The van der Waals surface area contributed by atoms with Crippen LogP contribution in [-0.4, -0.2) is 23.3 Å². The fourth-order valence-electron chi connectivity index (χ4n) is 3.11. The molecule has 0 heterocycles. The summed E-state index contributed by atoms with van der Waals surface area (Å²) in [6, 6.07) is 5.19. The zero-order valence-corrected chi connectivity index (χ0v) is 13.9. The zero-order valence-electron chi connectivity index (χ0n) is 13.9. The van der Waals surface area contributed by atoms with E-state index in [1.165, 1.54) is 0 Å². The fraction of sp³-hybridized carbons (Fsp3) is 0.588. The minimum absolute atomic E-state index is 0.104. The summed E-state index contributed by atoms with van der Waals surface area (Å²) in [5, 5.41) is 12.9. The minimum atomic E-state index is -0.557. The van der Waals surface area contributed by atoms with Gasteiger partial charge in [0, 0.05) is 11.8 Å². The van der Waals surface area contributed by atoms with Gasteiger partial charge in [-0.1, -0.05) is 19.9 Å². The molecule has 1 aromatic carbocycles. The van der Waals surface area contributed by atoms with E-state index < -0.39 is 11.7 Å².